The number of nitrogens with two attached hydrogens (primary N) is 1. The van der Waals surface area contributed by atoms with E-state index in [2.05, 4.69) is 18.9 Å². The van der Waals surface area contributed by atoms with E-state index in [0.29, 0.717) is 19.0 Å². The van der Waals surface area contributed by atoms with Crippen molar-refractivity contribution in [1.82, 2.24) is 14.7 Å². The van der Waals surface area contributed by atoms with Crippen LogP contribution in [0.4, 0.5) is 0 Å². The number of rotatable bonds is 4. The molecule has 1 fully saturated rings. The number of amides is 1. The van der Waals surface area contributed by atoms with Gasteiger partial charge >= 0.3 is 0 Å². The SMILES string of the molecule is CC(C)n1ccc(CN2CCC[C@@](O)(C(N)=O)C2)n1. The number of nitrogens with zero attached hydrogens (tertiary/aromatic N) is 3. The maximum absolute atomic E-state index is 11.3. The van der Waals surface area contributed by atoms with Gasteiger partial charge in [-0.3, -0.25) is 14.4 Å². The van der Waals surface area contributed by atoms with Gasteiger partial charge in [-0.25, -0.2) is 0 Å². The van der Waals surface area contributed by atoms with Gasteiger partial charge in [0, 0.05) is 25.3 Å². The van der Waals surface area contributed by atoms with E-state index in [4.69, 9.17) is 5.73 Å². The average molecular weight is 266 g/mol. The van der Waals surface area contributed by atoms with Crippen molar-refractivity contribution in [3.63, 3.8) is 0 Å². The number of carbonyl (C=O) groups excluding carboxylic acids is 1. The summed E-state index contributed by atoms with van der Waals surface area (Å²) in [5.74, 6) is -0.634. The highest BCUT2D eigenvalue weighted by Crippen LogP contribution is 2.22. The first kappa shape index (κ1) is 14.0. The van der Waals surface area contributed by atoms with Crippen LogP contribution in [0.25, 0.3) is 0 Å². The molecule has 0 aromatic carbocycles. The Morgan fingerprint density at radius 1 is 1.63 bits per heavy atom. The largest absolute Gasteiger partial charge is 0.379 e. The molecule has 1 aromatic rings. The molecular formula is C13H22N4O2. The van der Waals surface area contributed by atoms with Crippen LogP contribution >= 0.6 is 0 Å². The van der Waals surface area contributed by atoms with Crippen LogP contribution in [0.3, 0.4) is 0 Å². The lowest BCUT2D eigenvalue weighted by Gasteiger charge is -2.36. The Morgan fingerprint density at radius 2 is 2.37 bits per heavy atom. The Hall–Kier alpha value is -1.40. The maximum Gasteiger partial charge on any atom is 0.250 e. The number of aliphatic hydroxyl groups is 1. The zero-order valence-electron chi connectivity index (χ0n) is 11.5. The van der Waals surface area contributed by atoms with Gasteiger partial charge in [-0.15, -0.1) is 0 Å². The van der Waals surface area contributed by atoms with Crippen LogP contribution in [-0.2, 0) is 11.3 Å². The fourth-order valence-electron chi connectivity index (χ4n) is 2.44. The van der Waals surface area contributed by atoms with E-state index >= 15 is 0 Å². The number of carbonyl (C=O) groups is 1. The minimum absolute atomic E-state index is 0.289. The summed E-state index contributed by atoms with van der Waals surface area (Å²) in [6, 6.07) is 2.30. The van der Waals surface area contributed by atoms with Crippen LogP contribution in [0, 0.1) is 0 Å². The van der Waals surface area contributed by atoms with E-state index in [1.165, 1.54) is 0 Å². The van der Waals surface area contributed by atoms with Crippen molar-refractivity contribution in [2.45, 2.75) is 44.9 Å². The van der Waals surface area contributed by atoms with Gasteiger partial charge in [0.25, 0.3) is 5.91 Å². The molecule has 3 N–H and O–H groups in total. The minimum Gasteiger partial charge on any atom is -0.379 e. The van der Waals surface area contributed by atoms with Crippen LogP contribution in [-0.4, -0.2) is 44.4 Å². The molecule has 2 heterocycles. The Labute approximate surface area is 113 Å². The van der Waals surface area contributed by atoms with Crippen molar-refractivity contribution in [2.75, 3.05) is 13.1 Å². The third-order valence-corrected chi connectivity index (χ3v) is 3.59. The number of likely N-dealkylation sites (tertiary alicyclic amines) is 1. The van der Waals surface area contributed by atoms with Gasteiger partial charge in [0.15, 0.2) is 5.60 Å². The average Bonchev–Trinajstić information content (AvgIpc) is 2.77. The molecule has 0 bridgehead atoms. The molecule has 1 amide bonds. The highest BCUT2D eigenvalue weighted by Gasteiger charge is 2.38. The zero-order valence-corrected chi connectivity index (χ0v) is 11.5. The van der Waals surface area contributed by atoms with Crippen LogP contribution in [0.15, 0.2) is 12.3 Å². The van der Waals surface area contributed by atoms with Crippen molar-refractivity contribution < 1.29 is 9.90 Å². The lowest BCUT2D eigenvalue weighted by Crippen LogP contribution is -2.55. The molecule has 0 unspecified atom stereocenters. The van der Waals surface area contributed by atoms with Crippen molar-refractivity contribution in [3.05, 3.63) is 18.0 Å². The summed E-state index contributed by atoms with van der Waals surface area (Å²) in [5, 5.41) is 14.6. The van der Waals surface area contributed by atoms with Gasteiger partial charge in [0.05, 0.1) is 5.69 Å². The van der Waals surface area contributed by atoms with Crippen LogP contribution < -0.4 is 5.73 Å². The van der Waals surface area contributed by atoms with Crippen molar-refractivity contribution in [1.29, 1.82) is 0 Å². The maximum atomic E-state index is 11.3. The first-order chi connectivity index (χ1) is 8.90. The fraction of sp³-hybridized carbons (Fsp3) is 0.692. The van der Waals surface area contributed by atoms with Crippen LogP contribution in [0.5, 0.6) is 0 Å². The van der Waals surface area contributed by atoms with Crippen molar-refractivity contribution in [2.24, 2.45) is 5.73 Å². The van der Waals surface area contributed by atoms with Gasteiger partial charge in [-0.2, -0.15) is 5.10 Å². The highest BCUT2D eigenvalue weighted by atomic mass is 16.3. The lowest BCUT2D eigenvalue weighted by molar-refractivity contribution is -0.142. The summed E-state index contributed by atoms with van der Waals surface area (Å²) < 4.78 is 1.90. The summed E-state index contributed by atoms with van der Waals surface area (Å²) in [7, 11) is 0. The number of hydrogen-bond donors (Lipinski definition) is 2. The Morgan fingerprint density at radius 3 is 2.95 bits per heavy atom. The molecule has 6 heteroatoms. The second-order valence-electron chi connectivity index (χ2n) is 5.59. The molecule has 0 spiro atoms. The van der Waals surface area contributed by atoms with Gasteiger partial charge < -0.3 is 10.8 Å². The molecule has 106 valence electrons. The molecule has 0 aliphatic carbocycles. The first-order valence-corrected chi connectivity index (χ1v) is 6.69. The van der Waals surface area contributed by atoms with E-state index in [1.54, 1.807) is 0 Å². The molecule has 0 saturated carbocycles. The molecule has 2 rings (SSSR count). The molecule has 1 aliphatic heterocycles. The summed E-state index contributed by atoms with van der Waals surface area (Å²) in [5.41, 5.74) is 4.82. The second kappa shape index (κ2) is 5.30. The third kappa shape index (κ3) is 3.13. The summed E-state index contributed by atoms with van der Waals surface area (Å²) in [6.45, 7) is 5.92. The minimum atomic E-state index is -1.39. The Balaban J connectivity index is 2.00. The first-order valence-electron chi connectivity index (χ1n) is 6.69. The predicted molar refractivity (Wildman–Crippen MR) is 71.3 cm³/mol. The normalized spacial score (nSPS) is 24.8. The molecule has 1 aliphatic rings. The highest BCUT2D eigenvalue weighted by molar-refractivity contribution is 5.83. The Kier molecular flexibility index (Phi) is 3.91. The fourth-order valence-corrected chi connectivity index (χ4v) is 2.44. The monoisotopic (exact) mass is 266 g/mol. The topological polar surface area (TPSA) is 84.4 Å². The Bertz CT molecular complexity index is 457. The third-order valence-electron chi connectivity index (χ3n) is 3.59. The van der Waals surface area contributed by atoms with E-state index in [-0.39, 0.29) is 6.54 Å². The number of β-amino-alcohol motifs (C(OH)–C–C–N with tert-alkyl or cyclic N) is 1. The number of piperidine rings is 1. The molecular weight excluding hydrogens is 244 g/mol. The van der Waals surface area contributed by atoms with E-state index in [9.17, 15) is 9.90 Å². The standard InChI is InChI=1S/C13H22N4O2/c1-10(2)17-7-4-11(15-17)8-16-6-3-5-13(19,9-16)12(14)18/h4,7,10,19H,3,5-6,8-9H2,1-2H3,(H2,14,18)/t13-/m0/s1. The van der Waals surface area contributed by atoms with Gasteiger partial charge in [-0.05, 0) is 39.3 Å². The van der Waals surface area contributed by atoms with Crippen molar-refractivity contribution in [3.8, 4) is 0 Å². The number of primary amides is 1. The zero-order chi connectivity index (χ0) is 14.0. The number of aromatic nitrogens is 2. The molecule has 1 saturated heterocycles. The molecule has 1 aromatic heterocycles. The van der Waals surface area contributed by atoms with Crippen LogP contribution in [0.2, 0.25) is 0 Å². The second-order valence-corrected chi connectivity index (χ2v) is 5.59. The lowest BCUT2D eigenvalue weighted by atomic mass is 9.92. The van der Waals surface area contributed by atoms with Gasteiger partial charge in [0.1, 0.15) is 0 Å². The molecule has 19 heavy (non-hydrogen) atoms. The predicted octanol–water partition coefficient (Wildman–Crippen LogP) is 0.276. The van der Waals surface area contributed by atoms with Crippen molar-refractivity contribution >= 4 is 5.91 Å². The summed E-state index contributed by atoms with van der Waals surface area (Å²) >= 11 is 0. The molecule has 1 atom stereocenters. The quantitative estimate of drug-likeness (QED) is 0.819. The summed E-state index contributed by atoms with van der Waals surface area (Å²) in [4.78, 5) is 13.3. The molecule has 6 nitrogen and oxygen atoms in total. The van der Waals surface area contributed by atoms with Crippen LogP contribution in [0.1, 0.15) is 38.4 Å². The van der Waals surface area contributed by atoms with E-state index < -0.39 is 11.5 Å². The van der Waals surface area contributed by atoms with E-state index in [0.717, 1.165) is 18.7 Å². The van der Waals surface area contributed by atoms with E-state index in [1.807, 2.05) is 21.8 Å². The summed E-state index contributed by atoms with van der Waals surface area (Å²) in [6.07, 6.45) is 3.16. The smallest absolute Gasteiger partial charge is 0.250 e. The molecule has 0 radical (unpaired) electrons. The van der Waals surface area contributed by atoms with Gasteiger partial charge in [-0.1, -0.05) is 0 Å². The number of hydrogen-bond acceptors (Lipinski definition) is 4. The van der Waals surface area contributed by atoms with Gasteiger partial charge in [0.2, 0.25) is 0 Å².